The van der Waals surface area contributed by atoms with Gasteiger partial charge in [0.15, 0.2) is 4.08 Å². The average molecular weight is 383 g/mol. The molecule has 0 saturated heterocycles. The van der Waals surface area contributed by atoms with Crippen LogP contribution in [0.15, 0.2) is 70.5 Å². The van der Waals surface area contributed by atoms with Gasteiger partial charge in [0.2, 0.25) is 0 Å². The van der Waals surface area contributed by atoms with E-state index in [1.165, 1.54) is 0 Å². The van der Waals surface area contributed by atoms with Crippen molar-refractivity contribution in [2.24, 2.45) is 5.92 Å². The van der Waals surface area contributed by atoms with Crippen LogP contribution in [0.1, 0.15) is 32.1 Å². The van der Waals surface area contributed by atoms with Crippen LogP contribution in [0.25, 0.3) is 0 Å². The third kappa shape index (κ3) is 4.37. The number of hydrogen-bond donors (Lipinski definition) is 0. The number of benzene rings is 2. The van der Waals surface area contributed by atoms with Crippen molar-refractivity contribution in [1.82, 2.24) is 0 Å². The molecule has 0 atom stereocenters. The average Bonchev–Trinajstić information content (AvgIpc) is 2.63. The van der Waals surface area contributed by atoms with E-state index in [0.717, 1.165) is 42.8 Å². The topological polar surface area (TPSA) is 0 Å². The fourth-order valence-electron chi connectivity index (χ4n) is 3.34. The standard InChI is InChI=1S/C20H21F3S2/c21-20(22,23)19(16-10-4-1-5-11-16,24-17-12-6-2-7-13-17)25-18-14-8-3-9-15-18/h2-3,6-9,12-16H,1,4-5,10-11H2. The maximum atomic E-state index is 14.5. The molecule has 1 aliphatic rings. The summed E-state index contributed by atoms with van der Waals surface area (Å²) in [6.45, 7) is 0. The summed E-state index contributed by atoms with van der Waals surface area (Å²) in [6.07, 6.45) is -0.217. The van der Waals surface area contributed by atoms with Crippen molar-refractivity contribution in [3.05, 3.63) is 60.7 Å². The summed E-state index contributed by atoms with van der Waals surface area (Å²) >= 11 is 1.96. The molecule has 5 heteroatoms. The lowest BCUT2D eigenvalue weighted by Gasteiger charge is -2.42. The predicted molar refractivity (Wildman–Crippen MR) is 100.0 cm³/mol. The Morgan fingerprint density at radius 2 is 1.12 bits per heavy atom. The monoisotopic (exact) mass is 382 g/mol. The highest BCUT2D eigenvalue weighted by molar-refractivity contribution is 8.18. The summed E-state index contributed by atoms with van der Waals surface area (Å²) in [7, 11) is 0. The maximum absolute atomic E-state index is 14.5. The highest BCUT2D eigenvalue weighted by Gasteiger charge is 2.60. The van der Waals surface area contributed by atoms with Gasteiger partial charge in [-0.05, 0) is 43.0 Å². The van der Waals surface area contributed by atoms with Gasteiger partial charge >= 0.3 is 6.18 Å². The van der Waals surface area contributed by atoms with Crippen molar-refractivity contribution >= 4 is 23.5 Å². The van der Waals surface area contributed by atoms with E-state index in [-0.39, 0.29) is 5.92 Å². The third-order valence-electron chi connectivity index (χ3n) is 4.56. The van der Waals surface area contributed by atoms with E-state index in [2.05, 4.69) is 0 Å². The molecule has 0 nitrogen and oxygen atoms in total. The van der Waals surface area contributed by atoms with E-state index in [9.17, 15) is 13.2 Å². The molecule has 3 rings (SSSR count). The fourth-order valence-corrected chi connectivity index (χ4v) is 6.41. The largest absolute Gasteiger partial charge is 0.413 e. The second-order valence-electron chi connectivity index (χ2n) is 6.33. The van der Waals surface area contributed by atoms with Crippen molar-refractivity contribution in [2.45, 2.75) is 52.2 Å². The summed E-state index contributed by atoms with van der Waals surface area (Å²) in [4.78, 5) is 1.35. The third-order valence-corrected chi connectivity index (χ3v) is 7.81. The van der Waals surface area contributed by atoms with E-state index in [1.807, 2.05) is 12.1 Å². The van der Waals surface area contributed by atoms with Crippen LogP contribution >= 0.6 is 23.5 Å². The maximum Gasteiger partial charge on any atom is 0.413 e. The van der Waals surface area contributed by atoms with Crippen molar-refractivity contribution in [3.63, 3.8) is 0 Å². The first kappa shape index (κ1) is 18.7. The zero-order chi connectivity index (χ0) is 17.8. The lowest BCUT2D eigenvalue weighted by atomic mass is 9.86. The molecule has 2 aromatic rings. The van der Waals surface area contributed by atoms with E-state index in [4.69, 9.17) is 0 Å². The van der Waals surface area contributed by atoms with Gasteiger partial charge in [0.25, 0.3) is 0 Å². The molecular formula is C20H21F3S2. The van der Waals surface area contributed by atoms with Gasteiger partial charge in [-0.3, -0.25) is 0 Å². The Labute approximate surface area is 155 Å². The molecule has 0 heterocycles. The first-order chi connectivity index (χ1) is 12.0. The van der Waals surface area contributed by atoms with Crippen molar-refractivity contribution < 1.29 is 13.2 Å². The van der Waals surface area contributed by atoms with Gasteiger partial charge in [-0.25, -0.2) is 0 Å². The van der Waals surface area contributed by atoms with E-state index in [0.29, 0.717) is 22.6 Å². The van der Waals surface area contributed by atoms with E-state index < -0.39 is 10.3 Å². The summed E-state index contributed by atoms with van der Waals surface area (Å²) in [5.74, 6) is -0.378. The molecule has 0 amide bonds. The molecule has 134 valence electrons. The number of rotatable bonds is 5. The highest BCUT2D eigenvalue weighted by Crippen LogP contribution is 2.61. The van der Waals surface area contributed by atoms with Crippen molar-refractivity contribution in [1.29, 1.82) is 0 Å². The van der Waals surface area contributed by atoms with Gasteiger partial charge in [0.1, 0.15) is 0 Å². The number of thioether (sulfide) groups is 2. The molecule has 0 N–H and O–H groups in total. The van der Waals surface area contributed by atoms with E-state index in [1.54, 1.807) is 48.5 Å². The molecule has 1 fully saturated rings. The van der Waals surface area contributed by atoms with E-state index >= 15 is 0 Å². The summed E-state index contributed by atoms with van der Waals surface area (Å²) in [6, 6.07) is 18.0. The Kier molecular flexibility index (Phi) is 6.05. The molecule has 2 aromatic carbocycles. The van der Waals surface area contributed by atoms with Crippen LogP contribution in [0.4, 0.5) is 13.2 Å². The fraction of sp³-hybridized carbons (Fsp3) is 0.400. The molecular weight excluding hydrogens is 361 g/mol. The highest BCUT2D eigenvalue weighted by atomic mass is 32.2. The zero-order valence-electron chi connectivity index (χ0n) is 13.8. The van der Waals surface area contributed by atoms with Crippen LogP contribution < -0.4 is 0 Å². The summed E-state index contributed by atoms with van der Waals surface area (Å²) in [5, 5.41) is 0. The van der Waals surface area contributed by atoms with Gasteiger partial charge in [-0.1, -0.05) is 79.2 Å². The minimum Gasteiger partial charge on any atom is -0.168 e. The molecule has 0 aromatic heterocycles. The minimum absolute atomic E-state index is 0.378. The van der Waals surface area contributed by atoms with Crippen LogP contribution in [-0.2, 0) is 0 Å². The molecule has 25 heavy (non-hydrogen) atoms. The van der Waals surface area contributed by atoms with Crippen molar-refractivity contribution in [3.8, 4) is 0 Å². The molecule has 0 unspecified atom stereocenters. The van der Waals surface area contributed by atoms with Gasteiger partial charge < -0.3 is 0 Å². The first-order valence-electron chi connectivity index (χ1n) is 8.56. The molecule has 1 aliphatic carbocycles. The van der Waals surface area contributed by atoms with Gasteiger partial charge in [0.05, 0.1) is 0 Å². The van der Waals surface area contributed by atoms with Crippen molar-refractivity contribution in [2.75, 3.05) is 0 Å². The Hall–Kier alpha value is -1.07. The Balaban J connectivity index is 2.02. The second kappa shape index (κ2) is 8.09. The van der Waals surface area contributed by atoms with Crippen LogP contribution in [-0.4, -0.2) is 10.3 Å². The van der Waals surface area contributed by atoms with Crippen LogP contribution in [0, 0.1) is 5.92 Å². The normalized spacial score (nSPS) is 16.8. The Morgan fingerprint density at radius 1 is 0.680 bits per heavy atom. The zero-order valence-corrected chi connectivity index (χ0v) is 15.5. The number of hydrogen-bond acceptors (Lipinski definition) is 2. The van der Waals surface area contributed by atoms with Gasteiger partial charge in [0, 0.05) is 9.79 Å². The number of alkyl halides is 3. The SMILES string of the molecule is FC(F)(F)C(Sc1ccccc1)(Sc1ccccc1)C1CCCCC1. The van der Waals surface area contributed by atoms with Crippen LogP contribution in [0.5, 0.6) is 0 Å². The summed E-state index contributed by atoms with van der Waals surface area (Å²) in [5.41, 5.74) is 0. The smallest absolute Gasteiger partial charge is 0.168 e. The molecule has 1 saturated carbocycles. The van der Waals surface area contributed by atoms with Crippen LogP contribution in [0.3, 0.4) is 0 Å². The lowest BCUT2D eigenvalue weighted by Crippen LogP contribution is -2.46. The van der Waals surface area contributed by atoms with Gasteiger partial charge in [-0.15, -0.1) is 0 Å². The van der Waals surface area contributed by atoms with Crippen LogP contribution in [0.2, 0.25) is 0 Å². The quantitative estimate of drug-likeness (QED) is 0.390. The lowest BCUT2D eigenvalue weighted by molar-refractivity contribution is -0.149. The molecule has 0 bridgehead atoms. The molecule has 0 spiro atoms. The minimum atomic E-state index is -4.30. The first-order valence-corrected chi connectivity index (χ1v) is 10.2. The molecule has 0 aliphatic heterocycles. The Morgan fingerprint density at radius 3 is 1.52 bits per heavy atom. The number of halogens is 3. The van der Waals surface area contributed by atoms with Gasteiger partial charge in [-0.2, -0.15) is 13.2 Å². The molecule has 0 radical (unpaired) electrons. The predicted octanol–water partition coefficient (Wildman–Crippen LogP) is 7.41. The Bertz CT molecular complexity index is 608. The summed E-state index contributed by atoms with van der Waals surface area (Å²) < 4.78 is 41.6. The second-order valence-corrected chi connectivity index (χ2v) is 9.23.